The molecule has 0 fully saturated rings. The van der Waals surface area contributed by atoms with E-state index in [0.29, 0.717) is 6.54 Å². The molecule has 1 aromatic rings. The van der Waals surface area contributed by atoms with Crippen molar-refractivity contribution >= 4 is 21.0 Å². The van der Waals surface area contributed by atoms with Crippen LogP contribution in [0.4, 0.5) is 0 Å². The number of hydrogen-bond donors (Lipinski definition) is 1. The summed E-state index contributed by atoms with van der Waals surface area (Å²) in [6, 6.07) is 10.1. The van der Waals surface area contributed by atoms with Crippen LogP contribution in [0.1, 0.15) is 6.92 Å². The van der Waals surface area contributed by atoms with Gasteiger partial charge in [-0.3, -0.25) is 0 Å². The molecule has 0 aromatic heterocycles. The van der Waals surface area contributed by atoms with Gasteiger partial charge in [-0.05, 0) is 11.8 Å². The van der Waals surface area contributed by atoms with E-state index in [0.717, 1.165) is 0 Å². The Morgan fingerprint density at radius 3 is 2.00 bits per heavy atom. The van der Waals surface area contributed by atoms with Crippen LogP contribution >= 0.6 is 9.24 Å². The van der Waals surface area contributed by atoms with Crippen molar-refractivity contribution in [3.05, 3.63) is 37.8 Å². The van der Waals surface area contributed by atoms with Gasteiger partial charge in [-0.2, -0.15) is 6.41 Å². The molecular formula is C10H16NOPW. The summed E-state index contributed by atoms with van der Waals surface area (Å²) in [4.78, 5) is 9.17. The van der Waals surface area contributed by atoms with Crippen molar-refractivity contribution in [3.8, 4) is 0 Å². The molecule has 78 valence electrons. The maximum atomic E-state index is 9.17. The van der Waals surface area contributed by atoms with Gasteiger partial charge in [0.05, 0.1) is 0 Å². The van der Waals surface area contributed by atoms with Crippen molar-refractivity contribution in [2.75, 3.05) is 6.54 Å². The number of amides is 1. The summed E-state index contributed by atoms with van der Waals surface area (Å²) in [6.45, 7) is 2.51. The monoisotopic (exact) mass is 381 g/mol. The first-order valence-electron chi connectivity index (χ1n) is 3.71. The molecule has 0 aliphatic rings. The summed E-state index contributed by atoms with van der Waals surface area (Å²) in [7, 11) is 2.63. The average molecular weight is 381 g/mol. The molecule has 0 aliphatic carbocycles. The maximum Gasteiger partial charge on any atom is 2.00 e. The Morgan fingerprint density at radius 1 is 1.36 bits per heavy atom. The molecule has 0 aliphatic heterocycles. The number of rotatable bonds is 2. The normalized spacial score (nSPS) is 6.71. The van der Waals surface area contributed by atoms with Gasteiger partial charge in [0.2, 0.25) is 0 Å². The van der Waals surface area contributed by atoms with E-state index >= 15 is 0 Å². The Labute approximate surface area is 103 Å². The summed E-state index contributed by atoms with van der Waals surface area (Å²) in [5.74, 6) is 0. The fraction of sp³-hybridized carbons (Fsp3) is 0.200. The molecule has 0 radical (unpaired) electrons. The van der Waals surface area contributed by atoms with E-state index in [2.05, 4.69) is 14.6 Å². The third-order valence-corrected chi connectivity index (χ3v) is 1.43. The Balaban J connectivity index is -0.000000159. The van der Waals surface area contributed by atoms with Gasteiger partial charge >= 0.3 is 21.1 Å². The summed E-state index contributed by atoms with van der Waals surface area (Å²) < 4.78 is 0. The van der Waals surface area contributed by atoms with Crippen molar-refractivity contribution < 1.29 is 25.9 Å². The van der Waals surface area contributed by atoms with Gasteiger partial charge in [0.15, 0.2) is 0 Å². The summed E-state index contributed by atoms with van der Waals surface area (Å²) >= 11 is 0. The van der Waals surface area contributed by atoms with E-state index < -0.39 is 0 Å². The molecule has 2 nitrogen and oxygen atoms in total. The van der Waals surface area contributed by atoms with Crippen LogP contribution in [0.25, 0.3) is 0 Å². The van der Waals surface area contributed by atoms with Crippen molar-refractivity contribution in [2.24, 2.45) is 0 Å². The molecular weight excluding hydrogens is 365 g/mol. The molecule has 1 aromatic carbocycles. The fourth-order valence-corrected chi connectivity index (χ4v) is 0.747. The van der Waals surface area contributed by atoms with Gasteiger partial charge in [-0.1, -0.05) is 37.3 Å². The zero-order chi connectivity index (χ0) is 9.23. The van der Waals surface area contributed by atoms with Gasteiger partial charge in [-0.25, -0.2) is 0 Å². The van der Waals surface area contributed by atoms with Crippen molar-refractivity contribution in [1.29, 1.82) is 0 Å². The Morgan fingerprint density at radius 2 is 1.86 bits per heavy atom. The summed E-state index contributed by atoms with van der Waals surface area (Å²) in [6.07, 6.45) is 1.52. The second-order valence-electron chi connectivity index (χ2n) is 2.04. The minimum Gasteiger partial charge on any atom is -0.530 e. The van der Waals surface area contributed by atoms with Crippen LogP contribution in [0.15, 0.2) is 30.3 Å². The zero-order valence-electron chi connectivity index (χ0n) is 8.49. The van der Waals surface area contributed by atoms with E-state index in [-0.39, 0.29) is 28.5 Å². The van der Waals surface area contributed by atoms with Gasteiger partial charge in [0.1, 0.15) is 0 Å². The van der Waals surface area contributed by atoms with Gasteiger partial charge in [0.25, 0.3) is 0 Å². The fourth-order valence-electron chi connectivity index (χ4n) is 0.525. The summed E-state index contributed by atoms with van der Waals surface area (Å²) in [5, 5.41) is 3.54. The zero-order valence-corrected chi connectivity index (χ0v) is 12.6. The molecule has 4 heteroatoms. The quantitative estimate of drug-likeness (QED) is 0.467. The predicted octanol–water partition coefficient (Wildman–Crippen LogP) is 1.30. The van der Waals surface area contributed by atoms with Crippen molar-refractivity contribution in [2.45, 2.75) is 6.92 Å². The second-order valence-corrected chi connectivity index (χ2v) is 2.71. The SMILES string of the molecule is CCN[C-]=O.Pc1ccccc1.[CH3-].[W+2]. The first kappa shape index (κ1) is 19.4. The number of hydrogen-bond acceptors (Lipinski definition) is 1. The molecule has 0 saturated carbocycles. The number of benzene rings is 1. The number of carbonyl (C=O) groups excluding carboxylic acids is 1. The van der Waals surface area contributed by atoms with Crippen LogP contribution in [0.3, 0.4) is 0 Å². The van der Waals surface area contributed by atoms with Crippen LogP contribution in [0, 0.1) is 7.43 Å². The molecule has 0 spiro atoms. The van der Waals surface area contributed by atoms with E-state index in [1.165, 1.54) is 11.7 Å². The van der Waals surface area contributed by atoms with Crippen LogP contribution in [0.2, 0.25) is 0 Å². The third-order valence-electron chi connectivity index (χ3n) is 1.05. The van der Waals surface area contributed by atoms with E-state index in [4.69, 9.17) is 4.79 Å². The van der Waals surface area contributed by atoms with Crippen LogP contribution in [-0.2, 0) is 25.9 Å². The molecule has 1 unspecified atom stereocenters. The third kappa shape index (κ3) is 14.3. The van der Waals surface area contributed by atoms with E-state index in [1.807, 2.05) is 37.3 Å². The van der Waals surface area contributed by atoms with Gasteiger partial charge in [0, 0.05) is 0 Å². The van der Waals surface area contributed by atoms with E-state index in [9.17, 15) is 0 Å². The molecule has 0 saturated heterocycles. The molecule has 1 N–H and O–H groups in total. The van der Waals surface area contributed by atoms with Crippen LogP contribution in [-0.4, -0.2) is 13.0 Å². The molecule has 1 atom stereocenters. The minimum absolute atomic E-state index is 0. The molecule has 14 heavy (non-hydrogen) atoms. The first-order chi connectivity index (χ1) is 5.81. The Hall–Kier alpha value is -0.192. The van der Waals surface area contributed by atoms with Crippen molar-refractivity contribution in [3.63, 3.8) is 0 Å². The predicted molar refractivity (Wildman–Crippen MR) is 61.6 cm³/mol. The average Bonchev–Trinajstić information content (AvgIpc) is 2.08. The standard InChI is InChI=1S/C6H7P.C3H6NO.CH3.W/c7-6-4-2-1-3-5-6;1-2-4-3-5;;/h1-5H,7H2;2H2,1H3,(H,4,5);1H3;/q;2*-1;+2. The maximum absolute atomic E-state index is 9.17. The second kappa shape index (κ2) is 15.3. The Bertz CT molecular complexity index is 207. The largest absolute Gasteiger partial charge is 2.00 e. The molecule has 1 amide bonds. The molecule has 0 heterocycles. The Kier molecular flexibility index (Phi) is 21.2. The topological polar surface area (TPSA) is 29.1 Å². The minimum atomic E-state index is 0. The van der Waals surface area contributed by atoms with Gasteiger partial charge < -0.3 is 17.5 Å². The van der Waals surface area contributed by atoms with Crippen LogP contribution in [0.5, 0.6) is 0 Å². The van der Waals surface area contributed by atoms with E-state index in [1.54, 1.807) is 0 Å². The molecule has 0 bridgehead atoms. The smallest absolute Gasteiger partial charge is 0.530 e. The molecule has 1 rings (SSSR count). The van der Waals surface area contributed by atoms with Crippen LogP contribution < -0.4 is 10.6 Å². The van der Waals surface area contributed by atoms with Gasteiger partial charge in [-0.15, -0.1) is 9.24 Å². The summed E-state index contributed by atoms with van der Waals surface area (Å²) in [5.41, 5.74) is 0. The first-order valence-corrected chi connectivity index (χ1v) is 4.29. The number of nitrogens with one attached hydrogen (secondary N) is 1. The van der Waals surface area contributed by atoms with Crippen molar-refractivity contribution in [1.82, 2.24) is 5.32 Å².